The number of carbonyl (C=O) groups is 3. The zero-order valence-corrected chi connectivity index (χ0v) is 13.8. The summed E-state index contributed by atoms with van der Waals surface area (Å²) in [5, 5.41) is 20.0. The first-order valence-electron chi connectivity index (χ1n) is 6.84. The zero-order chi connectivity index (χ0) is 19.7. The van der Waals surface area contributed by atoms with Gasteiger partial charge in [0.25, 0.3) is 0 Å². The number of esters is 2. The van der Waals surface area contributed by atoms with E-state index >= 15 is 0 Å². The number of ether oxygens (including phenoxy) is 5. The molecule has 0 unspecified atom stereocenters. The molecule has 0 atom stereocenters. The highest BCUT2D eigenvalue weighted by atomic mass is 16.6. The Kier molecular flexibility index (Phi) is 7.61. The highest BCUT2D eigenvalue weighted by Gasteiger charge is 2.26. The summed E-state index contributed by atoms with van der Waals surface area (Å²) < 4.78 is 23.8. The third-order valence-corrected chi connectivity index (χ3v) is 2.70. The van der Waals surface area contributed by atoms with Crippen LogP contribution in [0.5, 0.6) is 17.2 Å². The summed E-state index contributed by atoms with van der Waals surface area (Å²) in [5.74, 6) is -3.96. The van der Waals surface area contributed by atoms with Crippen molar-refractivity contribution in [3.8, 4) is 17.2 Å². The highest BCUT2D eigenvalue weighted by Crippen LogP contribution is 2.41. The van der Waals surface area contributed by atoms with Crippen molar-refractivity contribution >= 4 is 23.6 Å². The Labute approximate surface area is 146 Å². The Morgan fingerprint density at radius 1 is 0.962 bits per heavy atom. The summed E-state index contributed by atoms with van der Waals surface area (Å²) >= 11 is 0. The molecule has 0 radical (unpaired) electrons. The molecule has 1 aromatic rings. The molecule has 142 valence electrons. The lowest BCUT2D eigenvalue weighted by Crippen LogP contribution is -2.16. The van der Waals surface area contributed by atoms with Crippen LogP contribution in [-0.2, 0) is 23.9 Å². The Hall–Kier alpha value is -3.57. The molecule has 0 heterocycles. The molecule has 0 aromatic heterocycles. The van der Waals surface area contributed by atoms with Gasteiger partial charge in [0.1, 0.15) is 5.75 Å². The van der Waals surface area contributed by atoms with Crippen molar-refractivity contribution < 1.29 is 48.1 Å². The van der Waals surface area contributed by atoms with E-state index in [2.05, 4.69) is 9.47 Å². The molecule has 0 fully saturated rings. The number of hydrogen-bond donors (Lipinski definition) is 1. The van der Waals surface area contributed by atoms with E-state index in [1.807, 2.05) is 0 Å². The molecule has 0 aliphatic carbocycles. The predicted molar refractivity (Wildman–Crippen MR) is 81.2 cm³/mol. The van der Waals surface area contributed by atoms with E-state index < -0.39 is 59.8 Å². The molecular formula is C14H15NO11. The number of nitrogens with zero attached hydrogens (tertiary/aromatic N) is 1. The van der Waals surface area contributed by atoms with Crippen LogP contribution >= 0.6 is 0 Å². The van der Waals surface area contributed by atoms with Gasteiger partial charge in [-0.15, -0.1) is 0 Å². The smallest absolute Gasteiger partial charge is 0.352 e. The summed E-state index contributed by atoms with van der Waals surface area (Å²) in [6.45, 7) is -2.06. The van der Waals surface area contributed by atoms with Crippen LogP contribution in [0.3, 0.4) is 0 Å². The summed E-state index contributed by atoms with van der Waals surface area (Å²) in [7, 11) is 2.23. The highest BCUT2D eigenvalue weighted by molar-refractivity contribution is 5.73. The first-order valence-corrected chi connectivity index (χ1v) is 6.84. The lowest BCUT2D eigenvalue weighted by Gasteiger charge is -2.12. The minimum atomic E-state index is -1.38. The van der Waals surface area contributed by atoms with Gasteiger partial charge in [0.15, 0.2) is 19.8 Å². The van der Waals surface area contributed by atoms with Gasteiger partial charge in [-0.25, -0.2) is 14.4 Å². The Balaban J connectivity index is 3.23. The quantitative estimate of drug-likeness (QED) is 0.338. The Morgan fingerprint density at radius 3 is 1.85 bits per heavy atom. The van der Waals surface area contributed by atoms with Crippen LogP contribution < -0.4 is 14.2 Å². The molecule has 0 aliphatic heterocycles. The summed E-state index contributed by atoms with van der Waals surface area (Å²) in [6.07, 6.45) is 0. The molecule has 0 saturated heterocycles. The Morgan fingerprint density at radius 2 is 1.42 bits per heavy atom. The van der Waals surface area contributed by atoms with E-state index in [1.165, 1.54) is 0 Å². The fraction of sp³-hybridized carbons (Fsp3) is 0.357. The van der Waals surface area contributed by atoms with Crippen molar-refractivity contribution in [1.29, 1.82) is 0 Å². The molecule has 1 aromatic carbocycles. The minimum absolute atomic E-state index is 0.110. The van der Waals surface area contributed by atoms with E-state index in [9.17, 15) is 24.5 Å². The minimum Gasteiger partial charge on any atom is -0.482 e. The average molecular weight is 373 g/mol. The fourth-order valence-corrected chi connectivity index (χ4v) is 1.58. The first kappa shape index (κ1) is 20.5. The van der Waals surface area contributed by atoms with Crippen LogP contribution in [0, 0.1) is 10.1 Å². The normalized spacial score (nSPS) is 9.77. The second kappa shape index (κ2) is 9.66. The summed E-state index contributed by atoms with van der Waals surface area (Å²) in [4.78, 5) is 43.4. The number of carboxylic acid groups (broad SMARTS) is 1. The van der Waals surface area contributed by atoms with Crippen molar-refractivity contribution in [3.05, 3.63) is 22.2 Å². The number of hydrogen-bond acceptors (Lipinski definition) is 10. The van der Waals surface area contributed by atoms with Crippen molar-refractivity contribution in [3.63, 3.8) is 0 Å². The molecule has 0 spiro atoms. The standard InChI is InChI=1S/C14H15NO11/c1-22-12(18)6-24-8-3-9(25-5-11(16)17)14(15(20)21)10(4-8)26-7-13(19)23-2/h3-4H,5-7H2,1-2H3,(H,16,17). The molecule has 26 heavy (non-hydrogen) atoms. The van der Waals surface area contributed by atoms with Crippen LogP contribution in [0.15, 0.2) is 12.1 Å². The molecule has 1 rings (SSSR count). The number of aliphatic carboxylic acids is 1. The predicted octanol–water partition coefficient (Wildman–Crippen LogP) is 0.162. The SMILES string of the molecule is COC(=O)COc1cc(OCC(=O)O)c([N+](=O)[O-])c(OCC(=O)OC)c1. The molecule has 0 amide bonds. The lowest BCUT2D eigenvalue weighted by atomic mass is 10.2. The molecular weight excluding hydrogens is 358 g/mol. The molecule has 12 nitrogen and oxygen atoms in total. The largest absolute Gasteiger partial charge is 0.482 e. The van der Waals surface area contributed by atoms with Gasteiger partial charge < -0.3 is 28.8 Å². The van der Waals surface area contributed by atoms with E-state index in [0.29, 0.717) is 0 Å². The third-order valence-electron chi connectivity index (χ3n) is 2.70. The number of nitro benzene ring substituents is 1. The molecule has 0 aliphatic rings. The van der Waals surface area contributed by atoms with Crippen molar-refractivity contribution in [2.24, 2.45) is 0 Å². The van der Waals surface area contributed by atoms with Crippen LogP contribution in [0.1, 0.15) is 0 Å². The average Bonchev–Trinajstić information content (AvgIpc) is 2.61. The van der Waals surface area contributed by atoms with E-state index in [1.54, 1.807) is 0 Å². The van der Waals surface area contributed by atoms with E-state index in [4.69, 9.17) is 19.3 Å². The van der Waals surface area contributed by atoms with Gasteiger partial charge in [0.2, 0.25) is 11.5 Å². The van der Waals surface area contributed by atoms with Crippen LogP contribution in [0.2, 0.25) is 0 Å². The summed E-state index contributed by atoms with van der Waals surface area (Å²) in [5.41, 5.74) is -0.722. The zero-order valence-electron chi connectivity index (χ0n) is 13.8. The molecule has 12 heteroatoms. The maximum absolute atomic E-state index is 11.3. The molecule has 1 N–H and O–H groups in total. The van der Waals surface area contributed by atoms with E-state index in [-0.39, 0.29) is 5.75 Å². The number of benzene rings is 1. The van der Waals surface area contributed by atoms with Gasteiger partial charge in [-0.2, -0.15) is 0 Å². The second-order valence-electron chi connectivity index (χ2n) is 4.44. The second-order valence-corrected chi connectivity index (χ2v) is 4.44. The van der Waals surface area contributed by atoms with Crippen LogP contribution in [0.4, 0.5) is 5.69 Å². The van der Waals surface area contributed by atoms with Gasteiger partial charge in [-0.1, -0.05) is 0 Å². The van der Waals surface area contributed by atoms with Crippen molar-refractivity contribution in [2.45, 2.75) is 0 Å². The number of rotatable bonds is 10. The maximum Gasteiger partial charge on any atom is 0.352 e. The van der Waals surface area contributed by atoms with Gasteiger partial charge in [0.05, 0.1) is 19.1 Å². The Bertz CT molecular complexity index is 700. The van der Waals surface area contributed by atoms with Gasteiger partial charge in [-0.05, 0) is 0 Å². The van der Waals surface area contributed by atoms with E-state index in [0.717, 1.165) is 26.4 Å². The summed E-state index contributed by atoms with van der Waals surface area (Å²) in [6, 6.07) is 2.05. The van der Waals surface area contributed by atoms with Gasteiger partial charge >= 0.3 is 23.6 Å². The fourth-order valence-electron chi connectivity index (χ4n) is 1.58. The van der Waals surface area contributed by atoms with Crippen molar-refractivity contribution in [1.82, 2.24) is 0 Å². The van der Waals surface area contributed by atoms with Crippen LogP contribution in [-0.4, -0.2) is 62.0 Å². The van der Waals surface area contributed by atoms with Crippen molar-refractivity contribution in [2.75, 3.05) is 34.0 Å². The third kappa shape index (κ3) is 6.14. The number of carboxylic acids is 1. The molecule has 0 saturated carbocycles. The monoisotopic (exact) mass is 373 g/mol. The first-order chi connectivity index (χ1) is 12.3. The van der Waals surface area contributed by atoms with Gasteiger partial charge in [0, 0.05) is 12.1 Å². The van der Waals surface area contributed by atoms with Crippen LogP contribution in [0.25, 0.3) is 0 Å². The molecule has 0 bridgehead atoms. The lowest BCUT2D eigenvalue weighted by molar-refractivity contribution is -0.386. The topological polar surface area (TPSA) is 161 Å². The number of nitro groups is 1. The number of methoxy groups -OCH3 is 2. The maximum atomic E-state index is 11.3. The number of carbonyl (C=O) groups excluding carboxylic acids is 2. The van der Waals surface area contributed by atoms with Gasteiger partial charge in [-0.3, -0.25) is 10.1 Å².